The van der Waals surface area contributed by atoms with Crippen molar-refractivity contribution in [3.05, 3.63) is 12.7 Å². The molecular weight excluding hydrogens is 512 g/mol. The summed E-state index contributed by atoms with van der Waals surface area (Å²) < 4.78 is 57.5. The van der Waals surface area contributed by atoms with Crippen LogP contribution in [0.3, 0.4) is 0 Å². The number of rotatable bonds is 10. The fourth-order valence-electron chi connectivity index (χ4n) is 3.99. The van der Waals surface area contributed by atoms with Crippen molar-refractivity contribution in [3.8, 4) is 0 Å². The fraction of sp³-hybridized carbons (Fsp3) is 0.706. The van der Waals surface area contributed by atoms with E-state index in [4.69, 9.17) is 28.8 Å². The Morgan fingerprint density at radius 2 is 1.83 bits per heavy atom. The Kier molecular flexibility index (Phi) is 7.91. The predicted molar refractivity (Wildman–Crippen MR) is 117 cm³/mol. The third-order valence-corrected chi connectivity index (χ3v) is 7.62. The van der Waals surface area contributed by atoms with Crippen molar-refractivity contribution in [1.82, 2.24) is 19.5 Å². The Bertz CT molecular complexity index is 1140. The molecule has 35 heavy (non-hydrogen) atoms. The predicted octanol–water partition coefficient (Wildman–Crippen LogP) is 0.500. The summed E-state index contributed by atoms with van der Waals surface area (Å²) in [6.07, 6.45) is -1.90. The Labute approximate surface area is 199 Å². The van der Waals surface area contributed by atoms with Gasteiger partial charge in [-0.1, -0.05) is 0 Å². The summed E-state index contributed by atoms with van der Waals surface area (Å²) >= 11 is 0. The molecule has 0 bridgehead atoms. The second-order valence-corrected chi connectivity index (χ2v) is 11.0. The fourth-order valence-corrected chi connectivity index (χ4v) is 5.60. The van der Waals surface area contributed by atoms with Gasteiger partial charge in [-0.25, -0.2) is 24.1 Å². The number of hydrogen-bond acceptors (Lipinski definition) is 13. The zero-order valence-corrected chi connectivity index (χ0v) is 20.6. The molecule has 18 heteroatoms. The van der Waals surface area contributed by atoms with E-state index in [-0.39, 0.29) is 24.8 Å². The third-order valence-electron chi connectivity index (χ3n) is 5.61. The van der Waals surface area contributed by atoms with E-state index in [9.17, 15) is 24.0 Å². The Morgan fingerprint density at radius 3 is 2.54 bits per heavy atom. The van der Waals surface area contributed by atoms with Crippen molar-refractivity contribution in [1.29, 1.82) is 0 Å². The van der Waals surface area contributed by atoms with Gasteiger partial charge < -0.3 is 30.1 Å². The maximum Gasteiger partial charge on any atom is 0.472 e. The molecule has 0 spiro atoms. The highest BCUT2D eigenvalue weighted by Crippen LogP contribution is 2.50. The van der Waals surface area contributed by atoms with Crippen LogP contribution >= 0.6 is 15.6 Å². The number of imidazole rings is 1. The zero-order valence-electron chi connectivity index (χ0n) is 18.8. The highest BCUT2D eigenvalue weighted by atomic mass is 31.2. The summed E-state index contributed by atoms with van der Waals surface area (Å²) in [5, 5.41) is 9.39. The van der Waals surface area contributed by atoms with Gasteiger partial charge in [0.1, 0.15) is 42.5 Å². The lowest BCUT2D eigenvalue weighted by Gasteiger charge is -2.23. The van der Waals surface area contributed by atoms with Crippen LogP contribution < -0.4 is 5.73 Å². The van der Waals surface area contributed by atoms with Crippen molar-refractivity contribution < 1.29 is 51.6 Å². The second-order valence-electron chi connectivity index (χ2n) is 8.05. The molecule has 0 amide bonds. The average molecular weight is 539 g/mol. The molecule has 4 rings (SSSR count). The van der Waals surface area contributed by atoms with E-state index in [1.165, 1.54) is 17.2 Å². The number of phosphoric ester groups is 2. The highest BCUT2D eigenvalue weighted by molar-refractivity contribution is 7.47. The second kappa shape index (κ2) is 10.4. The lowest BCUT2D eigenvalue weighted by atomic mass is 10.1. The van der Waals surface area contributed by atoms with Crippen LogP contribution in [-0.2, 0) is 36.7 Å². The van der Waals surface area contributed by atoms with Gasteiger partial charge in [-0.2, -0.15) is 0 Å². The first-order chi connectivity index (χ1) is 16.5. The van der Waals surface area contributed by atoms with Crippen molar-refractivity contribution in [3.63, 3.8) is 0 Å². The Morgan fingerprint density at radius 1 is 1.11 bits per heavy atom. The Hall–Kier alpha value is -1.55. The van der Waals surface area contributed by atoms with Gasteiger partial charge in [0.2, 0.25) is 0 Å². The minimum Gasteiger partial charge on any atom is -0.394 e. The number of nitrogen functional groups attached to an aromatic ring is 1. The molecule has 4 unspecified atom stereocenters. The topological polar surface area (TPSA) is 220 Å². The summed E-state index contributed by atoms with van der Waals surface area (Å²) in [5.41, 5.74) is 6.50. The molecule has 16 nitrogen and oxygen atoms in total. The van der Waals surface area contributed by atoms with Crippen LogP contribution in [-0.4, -0.2) is 85.3 Å². The van der Waals surface area contributed by atoms with Crippen LogP contribution in [0, 0.1) is 0 Å². The van der Waals surface area contributed by atoms with Crippen LogP contribution in [0.15, 0.2) is 12.7 Å². The lowest BCUT2D eigenvalue weighted by Crippen LogP contribution is -2.30. The number of ether oxygens (including phenoxy) is 2. The number of aromatic nitrogens is 4. The molecule has 2 aromatic heterocycles. The molecule has 0 radical (unpaired) electrons. The van der Waals surface area contributed by atoms with E-state index in [2.05, 4.69) is 19.5 Å². The van der Waals surface area contributed by atoms with E-state index in [0.717, 1.165) is 7.11 Å². The van der Waals surface area contributed by atoms with Crippen molar-refractivity contribution in [2.24, 2.45) is 0 Å². The normalized spacial score (nSPS) is 32.6. The van der Waals surface area contributed by atoms with Crippen LogP contribution in [0.25, 0.3) is 11.2 Å². The van der Waals surface area contributed by atoms with Gasteiger partial charge in [-0.3, -0.25) is 22.7 Å². The number of aliphatic hydroxyl groups excluding tert-OH is 1. The minimum atomic E-state index is -4.63. The monoisotopic (exact) mass is 539 g/mol. The molecule has 8 atom stereocenters. The van der Waals surface area contributed by atoms with Crippen LogP contribution in [0.1, 0.15) is 26.0 Å². The molecule has 4 heterocycles. The smallest absolute Gasteiger partial charge is 0.394 e. The first kappa shape index (κ1) is 26.5. The number of fused-ring (bicyclic) bond motifs is 1. The first-order valence-corrected chi connectivity index (χ1v) is 13.6. The summed E-state index contributed by atoms with van der Waals surface area (Å²) in [7, 11) is -8.07. The summed E-state index contributed by atoms with van der Waals surface area (Å²) in [4.78, 5) is 32.2. The van der Waals surface area contributed by atoms with Gasteiger partial charge in [-0.05, 0) is 6.92 Å². The van der Waals surface area contributed by atoms with Gasteiger partial charge in [0.05, 0.1) is 25.6 Å². The molecule has 196 valence electrons. The Balaban J connectivity index is 1.48. The molecule has 0 aromatic carbocycles. The molecule has 5 N–H and O–H groups in total. The SMILES string of the molecule is COP(=O)(O)OC1C[C@H](n2cnc3c(N)ncnc32)O[C@@H]1COP(=O)(O)OC1C[C@H](C)O[C@@H]1CO. The summed E-state index contributed by atoms with van der Waals surface area (Å²) in [6.45, 7) is 0.814. The number of phosphoric acid groups is 2. The lowest BCUT2D eigenvalue weighted by molar-refractivity contribution is -0.0501. The van der Waals surface area contributed by atoms with Crippen molar-refractivity contribution in [2.75, 3.05) is 26.1 Å². The van der Waals surface area contributed by atoms with Crippen molar-refractivity contribution >= 4 is 32.6 Å². The van der Waals surface area contributed by atoms with Gasteiger partial charge in [0.15, 0.2) is 11.5 Å². The van der Waals surface area contributed by atoms with Crippen molar-refractivity contribution in [2.45, 2.75) is 56.5 Å². The maximum atomic E-state index is 12.6. The number of nitrogens with zero attached hydrogens (tertiary/aromatic N) is 4. The minimum absolute atomic E-state index is 0.0223. The van der Waals surface area contributed by atoms with E-state index in [0.29, 0.717) is 11.2 Å². The molecule has 2 aliphatic rings. The van der Waals surface area contributed by atoms with Crippen LogP contribution in [0.5, 0.6) is 0 Å². The van der Waals surface area contributed by atoms with Gasteiger partial charge in [0.25, 0.3) is 0 Å². The number of aliphatic hydroxyl groups is 1. The molecule has 2 aliphatic heterocycles. The van der Waals surface area contributed by atoms with E-state index in [1.54, 1.807) is 6.92 Å². The standard InChI is InChI=1S/C17H27N5O11P2/c1-9-3-10(12(5-23)30-9)33-35(26,27)29-6-13-11(32-34(24,25)28-2)4-14(31-13)22-8-21-15-16(18)19-7-20-17(15)22/h7-14,23H,3-6H2,1-2H3,(H,24,25)(H,26,27)(H2,18,19,20)/t9-,10?,11?,12+,13+,14+/m0/s1. The summed E-state index contributed by atoms with van der Waals surface area (Å²) in [5.74, 6) is 0.156. The van der Waals surface area contributed by atoms with Crippen LogP contribution in [0.2, 0.25) is 0 Å². The molecule has 2 saturated heterocycles. The zero-order chi connectivity index (χ0) is 25.4. The van der Waals surface area contributed by atoms with E-state index < -0.39 is 59.5 Å². The molecule has 2 aromatic rings. The maximum absolute atomic E-state index is 12.6. The average Bonchev–Trinajstić information content (AvgIpc) is 3.49. The quantitative estimate of drug-likeness (QED) is 0.302. The number of hydrogen-bond donors (Lipinski definition) is 4. The van der Waals surface area contributed by atoms with E-state index >= 15 is 0 Å². The highest BCUT2D eigenvalue weighted by Gasteiger charge is 2.44. The van der Waals surface area contributed by atoms with Crippen LogP contribution in [0.4, 0.5) is 5.82 Å². The molecule has 2 fully saturated rings. The van der Waals surface area contributed by atoms with E-state index in [1.807, 2.05) is 0 Å². The number of anilines is 1. The largest absolute Gasteiger partial charge is 0.472 e. The summed E-state index contributed by atoms with van der Waals surface area (Å²) in [6, 6.07) is 0. The van der Waals surface area contributed by atoms with Gasteiger partial charge >= 0.3 is 15.6 Å². The third kappa shape index (κ3) is 6.06. The van der Waals surface area contributed by atoms with Gasteiger partial charge in [0, 0.05) is 20.0 Å². The first-order valence-electron chi connectivity index (χ1n) is 10.6. The van der Waals surface area contributed by atoms with Gasteiger partial charge in [-0.15, -0.1) is 0 Å². The molecule has 0 aliphatic carbocycles. The molecule has 0 saturated carbocycles. The molecular formula is C17H27N5O11P2. The number of nitrogens with two attached hydrogens (primary N) is 1.